The summed E-state index contributed by atoms with van der Waals surface area (Å²) in [6.07, 6.45) is 3.63. The second-order valence-corrected chi connectivity index (χ2v) is 5.03. The van der Waals surface area contributed by atoms with Crippen LogP contribution in [0.25, 0.3) is 0 Å². The third kappa shape index (κ3) is 4.28. The Kier molecular flexibility index (Phi) is 5.72. The van der Waals surface area contributed by atoms with Crippen LogP contribution in [-0.2, 0) is 6.54 Å². The van der Waals surface area contributed by atoms with Gasteiger partial charge in [0.05, 0.1) is 6.61 Å². The Bertz CT molecular complexity index is 545. The highest BCUT2D eigenvalue weighted by molar-refractivity contribution is 5.31. The van der Waals surface area contributed by atoms with Crippen LogP contribution in [0.15, 0.2) is 48.8 Å². The number of ether oxygens (including phenoxy) is 1. The minimum absolute atomic E-state index is 0.165. The molecule has 21 heavy (non-hydrogen) atoms. The highest BCUT2D eigenvalue weighted by Gasteiger charge is 2.16. The molecular formula is C17H23N3O. The van der Waals surface area contributed by atoms with Crippen LogP contribution in [0.4, 0.5) is 0 Å². The number of likely N-dealkylation sites (N-methyl/N-ethyl adjacent to an activating group) is 1. The molecule has 2 rings (SSSR count). The molecule has 0 aliphatic heterocycles. The van der Waals surface area contributed by atoms with E-state index >= 15 is 0 Å². The molecule has 2 N–H and O–H groups in total. The zero-order valence-electron chi connectivity index (χ0n) is 12.7. The number of hydrogen-bond donors (Lipinski definition) is 1. The van der Waals surface area contributed by atoms with Gasteiger partial charge in [-0.25, -0.2) is 0 Å². The van der Waals surface area contributed by atoms with Gasteiger partial charge in [0, 0.05) is 31.5 Å². The minimum Gasteiger partial charge on any atom is -0.494 e. The molecule has 1 aromatic heterocycles. The quantitative estimate of drug-likeness (QED) is 0.849. The van der Waals surface area contributed by atoms with Gasteiger partial charge in [-0.1, -0.05) is 12.1 Å². The molecule has 4 nitrogen and oxygen atoms in total. The lowest BCUT2D eigenvalue weighted by Gasteiger charge is -2.27. The second kappa shape index (κ2) is 7.76. The van der Waals surface area contributed by atoms with Gasteiger partial charge in [-0.15, -0.1) is 0 Å². The number of nitrogens with zero attached hydrogens (tertiary/aromatic N) is 2. The fourth-order valence-corrected chi connectivity index (χ4v) is 2.44. The molecule has 0 spiro atoms. The van der Waals surface area contributed by atoms with E-state index in [9.17, 15) is 0 Å². The predicted molar refractivity (Wildman–Crippen MR) is 85.1 cm³/mol. The zero-order valence-corrected chi connectivity index (χ0v) is 12.7. The van der Waals surface area contributed by atoms with Gasteiger partial charge in [0.15, 0.2) is 0 Å². The average Bonchev–Trinajstić information content (AvgIpc) is 2.50. The maximum absolute atomic E-state index is 5.99. The largest absolute Gasteiger partial charge is 0.494 e. The number of aromatic nitrogens is 1. The Morgan fingerprint density at radius 2 is 2.00 bits per heavy atom. The Morgan fingerprint density at radius 1 is 1.24 bits per heavy atom. The van der Waals surface area contributed by atoms with E-state index < -0.39 is 0 Å². The van der Waals surface area contributed by atoms with Crippen LogP contribution < -0.4 is 10.5 Å². The summed E-state index contributed by atoms with van der Waals surface area (Å²) >= 11 is 0. The molecule has 1 heterocycles. The Balaban J connectivity index is 2.12. The summed E-state index contributed by atoms with van der Waals surface area (Å²) in [4.78, 5) is 6.30. The molecule has 0 saturated carbocycles. The molecule has 0 radical (unpaired) electrons. The first-order chi connectivity index (χ1) is 10.2. The van der Waals surface area contributed by atoms with Crippen LogP contribution in [0.5, 0.6) is 5.75 Å². The van der Waals surface area contributed by atoms with E-state index in [0.717, 1.165) is 12.3 Å². The van der Waals surface area contributed by atoms with E-state index in [1.807, 2.05) is 43.6 Å². The highest BCUT2D eigenvalue weighted by Crippen LogP contribution is 2.24. The van der Waals surface area contributed by atoms with Gasteiger partial charge < -0.3 is 10.5 Å². The first kappa shape index (κ1) is 15.5. The van der Waals surface area contributed by atoms with E-state index in [4.69, 9.17) is 10.5 Å². The molecule has 0 aliphatic rings. The van der Waals surface area contributed by atoms with Crippen molar-refractivity contribution in [2.75, 3.05) is 20.2 Å². The standard InChI is InChI=1S/C17H23N3O/c1-3-21-16-6-4-5-15(11-16)17(12-18)20(2)13-14-7-9-19-10-8-14/h4-11,17H,3,12-13,18H2,1-2H3. The summed E-state index contributed by atoms with van der Waals surface area (Å²) in [6, 6.07) is 12.4. The summed E-state index contributed by atoms with van der Waals surface area (Å²) in [5, 5.41) is 0. The van der Waals surface area contributed by atoms with E-state index in [-0.39, 0.29) is 6.04 Å². The SMILES string of the molecule is CCOc1cccc(C(CN)N(C)Cc2ccncc2)c1. The average molecular weight is 285 g/mol. The highest BCUT2D eigenvalue weighted by atomic mass is 16.5. The Morgan fingerprint density at radius 3 is 2.67 bits per heavy atom. The topological polar surface area (TPSA) is 51.4 Å². The van der Waals surface area contributed by atoms with Crippen LogP contribution >= 0.6 is 0 Å². The molecule has 1 aromatic carbocycles. The normalized spacial score (nSPS) is 12.4. The zero-order chi connectivity index (χ0) is 15.1. The minimum atomic E-state index is 0.165. The molecular weight excluding hydrogens is 262 g/mol. The molecule has 1 unspecified atom stereocenters. The van der Waals surface area contributed by atoms with Crippen molar-refractivity contribution in [2.45, 2.75) is 19.5 Å². The van der Waals surface area contributed by atoms with Crippen molar-refractivity contribution in [3.8, 4) is 5.75 Å². The van der Waals surface area contributed by atoms with Gasteiger partial charge in [0.1, 0.15) is 5.75 Å². The van der Waals surface area contributed by atoms with E-state index in [1.165, 1.54) is 11.1 Å². The van der Waals surface area contributed by atoms with Gasteiger partial charge in [0.25, 0.3) is 0 Å². The molecule has 0 bridgehead atoms. The van der Waals surface area contributed by atoms with Crippen LogP contribution in [0.3, 0.4) is 0 Å². The van der Waals surface area contributed by atoms with Gasteiger partial charge in [0.2, 0.25) is 0 Å². The lowest BCUT2D eigenvalue weighted by molar-refractivity contribution is 0.241. The van der Waals surface area contributed by atoms with Crippen molar-refractivity contribution < 1.29 is 4.74 Å². The summed E-state index contributed by atoms with van der Waals surface area (Å²) in [7, 11) is 2.09. The summed E-state index contributed by atoms with van der Waals surface area (Å²) in [6.45, 7) is 4.06. The molecule has 2 aromatic rings. The van der Waals surface area contributed by atoms with Crippen molar-refractivity contribution >= 4 is 0 Å². The molecule has 0 aliphatic carbocycles. The summed E-state index contributed by atoms with van der Waals surface area (Å²) in [5.74, 6) is 0.894. The Hall–Kier alpha value is -1.91. The van der Waals surface area contributed by atoms with Crippen LogP contribution in [0.2, 0.25) is 0 Å². The lowest BCUT2D eigenvalue weighted by Crippen LogP contribution is -2.30. The maximum atomic E-state index is 5.99. The van der Waals surface area contributed by atoms with Gasteiger partial charge >= 0.3 is 0 Å². The van der Waals surface area contributed by atoms with Crippen molar-refractivity contribution in [3.63, 3.8) is 0 Å². The summed E-state index contributed by atoms with van der Waals surface area (Å²) in [5.41, 5.74) is 8.40. The van der Waals surface area contributed by atoms with Crippen molar-refractivity contribution in [1.29, 1.82) is 0 Å². The molecule has 0 amide bonds. The van der Waals surface area contributed by atoms with Crippen LogP contribution in [-0.4, -0.2) is 30.1 Å². The number of benzene rings is 1. The molecule has 112 valence electrons. The van der Waals surface area contributed by atoms with Crippen LogP contribution in [0.1, 0.15) is 24.1 Å². The molecule has 1 atom stereocenters. The first-order valence-electron chi connectivity index (χ1n) is 7.26. The third-order valence-electron chi connectivity index (χ3n) is 3.49. The smallest absolute Gasteiger partial charge is 0.119 e. The predicted octanol–water partition coefficient (Wildman–Crippen LogP) is 2.61. The van der Waals surface area contributed by atoms with Crippen molar-refractivity contribution in [1.82, 2.24) is 9.88 Å². The summed E-state index contributed by atoms with van der Waals surface area (Å²) < 4.78 is 5.57. The fraction of sp³-hybridized carbons (Fsp3) is 0.353. The van der Waals surface area contributed by atoms with Crippen LogP contribution in [0, 0.1) is 0 Å². The lowest BCUT2D eigenvalue weighted by atomic mass is 10.0. The van der Waals surface area contributed by atoms with Crippen molar-refractivity contribution in [3.05, 3.63) is 59.9 Å². The van der Waals surface area contributed by atoms with E-state index in [0.29, 0.717) is 13.2 Å². The maximum Gasteiger partial charge on any atom is 0.119 e. The first-order valence-corrected chi connectivity index (χ1v) is 7.26. The van der Waals surface area contributed by atoms with Crippen molar-refractivity contribution in [2.24, 2.45) is 5.73 Å². The number of rotatable bonds is 7. The number of hydrogen-bond acceptors (Lipinski definition) is 4. The Labute approximate surface area is 126 Å². The molecule has 4 heteroatoms. The third-order valence-corrected chi connectivity index (χ3v) is 3.49. The molecule has 0 fully saturated rings. The van der Waals surface area contributed by atoms with E-state index in [2.05, 4.69) is 29.1 Å². The number of nitrogens with two attached hydrogens (primary N) is 1. The van der Waals surface area contributed by atoms with E-state index in [1.54, 1.807) is 0 Å². The van der Waals surface area contributed by atoms with Gasteiger partial charge in [-0.2, -0.15) is 0 Å². The van der Waals surface area contributed by atoms with Gasteiger partial charge in [-0.3, -0.25) is 9.88 Å². The van der Waals surface area contributed by atoms with Gasteiger partial charge in [-0.05, 0) is 49.4 Å². The molecule has 0 saturated heterocycles. The fourth-order valence-electron chi connectivity index (χ4n) is 2.44. The number of pyridine rings is 1. The monoisotopic (exact) mass is 285 g/mol. The second-order valence-electron chi connectivity index (χ2n) is 5.03.